The zero-order chi connectivity index (χ0) is 29.4. The fourth-order valence-corrected chi connectivity index (χ4v) is 7.44. The van der Waals surface area contributed by atoms with Gasteiger partial charge >= 0.3 is 0 Å². The number of aliphatic hydroxyl groups is 1. The highest BCUT2D eigenvalue weighted by atomic mass is 35.5. The molecule has 4 heterocycles. The number of rotatable bonds is 8. The van der Waals surface area contributed by atoms with Gasteiger partial charge in [-0.3, -0.25) is 14.4 Å². The summed E-state index contributed by atoms with van der Waals surface area (Å²) in [5, 5.41) is 9.76. The molecule has 9 heteroatoms. The minimum absolute atomic E-state index is 0.0656. The second-order valence-electron chi connectivity index (χ2n) is 11.5. The van der Waals surface area contributed by atoms with E-state index in [1.54, 1.807) is 20.8 Å². The number of aliphatic hydroxyl groups excluding tert-OH is 1. The minimum Gasteiger partial charge on any atom is -0.396 e. The predicted molar refractivity (Wildman–Crippen MR) is 160 cm³/mol. The van der Waals surface area contributed by atoms with E-state index in [0.29, 0.717) is 49.6 Å². The van der Waals surface area contributed by atoms with Gasteiger partial charge in [0.1, 0.15) is 11.6 Å². The lowest BCUT2D eigenvalue weighted by Gasteiger charge is -2.36. The van der Waals surface area contributed by atoms with Crippen LogP contribution >= 0.6 is 11.6 Å². The van der Waals surface area contributed by atoms with Crippen molar-refractivity contribution in [3.05, 3.63) is 89.0 Å². The maximum absolute atomic E-state index is 14.6. The molecule has 1 unspecified atom stereocenters. The zero-order valence-electron chi connectivity index (χ0n) is 23.7. The van der Waals surface area contributed by atoms with Crippen molar-refractivity contribution in [1.82, 2.24) is 9.80 Å². The number of hydrogen-bond acceptors (Lipinski definition) is 5. The van der Waals surface area contributed by atoms with Crippen LogP contribution in [-0.4, -0.2) is 76.6 Å². The van der Waals surface area contributed by atoms with Crippen molar-refractivity contribution >= 4 is 35.0 Å². The highest BCUT2D eigenvalue weighted by Gasteiger charge is 2.71. The maximum atomic E-state index is 14.6. The lowest BCUT2D eigenvalue weighted by atomic mass is 9.77. The van der Waals surface area contributed by atoms with Crippen molar-refractivity contribution in [2.45, 2.75) is 50.5 Å². The molecular formula is C33H36ClN3O5. The number of ether oxygens (including phenoxy) is 1. The number of carbonyl (C=O) groups is 3. The van der Waals surface area contributed by atoms with Gasteiger partial charge < -0.3 is 24.5 Å². The third-order valence-corrected chi connectivity index (χ3v) is 9.28. The largest absolute Gasteiger partial charge is 0.396 e. The summed E-state index contributed by atoms with van der Waals surface area (Å²) in [5.41, 5.74) is 1.17. The van der Waals surface area contributed by atoms with E-state index in [1.807, 2.05) is 73.7 Å². The summed E-state index contributed by atoms with van der Waals surface area (Å²) in [6.45, 7) is 3.41. The zero-order valence-corrected chi connectivity index (χ0v) is 24.5. The molecule has 1 N–H and O–H groups in total. The Kier molecular flexibility index (Phi) is 7.96. The summed E-state index contributed by atoms with van der Waals surface area (Å²) in [4.78, 5) is 48.2. The van der Waals surface area contributed by atoms with Gasteiger partial charge in [0.05, 0.1) is 28.6 Å². The normalized spacial score (nSPS) is 28.5. The molecule has 8 nitrogen and oxygen atoms in total. The fraction of sp³-hybridized carbons (Fsp3) is 0.424. The highest BCUT2D eigenvalue weighted by molar-refractivity contribution is 6.34. The molecule has 0 aliphatic carbocycles. The molecule has 0 saturated carbocycles. The standard InChI is InChI=1S/C33H36ClN3O5/c1-22-11-8-14-24(34)28(22)36-19-10-16-33-27(31(40)37(29(33)32(36)41)18-6-3-7-20-38)26-25(42-33)15-9-17-35(30(26)39)21-23-12-4-2-5-13-23/h2,4-5,8-16,25-27,29,38H,3,6-7,17-21H2,1H3/t25-,26+,27+,29?,33+/m1/s1. The maximum Gasteiger partial charge on any atom is 0.253 e. The van der Waals surface area contributed by atoms with Crippen LogP contribution < -0.4 is 4.90 Å². The molecule has 1 spiro atoms. The van der Waals surface area contributed by atoms with Crippen LogP contribution in [0.4, 0.5) is 5.69 Å². The molecule has 2 saturated heterocycles. The highest BCUT2D eigenvalue weighted by Crippen LogP contribution is 2.54. The van der Waals surface area contributed by atoms with Crippen LogP contribution in [0.25, 0.3) is 0 Å². The lowest BCUT2D eigenvalue weighted by Crippen LogP contribution is -2.55. The topological polar surface area (TPSA) is 90.4 Å². The van der Waals surface area contributed by atoms with E-state index in [1.165, 1.54) is 0 Å². The molecule has 2 aromatic rings. The third-order valence-electron chi connectivity index (χ3n) is 8.97. The molecule has 5 atom stereocenters. The second-order valence-corrected chi connectivity index (χ2v) is 12.0. The van der Waals surface area contributed by atoms with E-state index < -0.39 is 29.6 Å². The molecule has 4 aliphatic rings. The Morgan fingerprint density at radius 2 is 1.76 bits per heavy atom. The molecule has 0 bridgehead atoms. The number of hydrogen-bond donors (Lipinski definition) is 1. The van der Waals surface area contributed by atoms with Gasteiger partial charge in [-0.15, -0.1) is 0 Å². The van der Waals surface area contributed by atoms with E-state index in [0.717, 1.165) is 11.1 Å². The van der Waals surface area contributed by atoms with Crippen LogP contribution in [0, 0.1) is 18.8 Å². The number of aryl methyl sites for hydroxylation is 1. The van der Waals surface area contributed by atoms with E-state index in [4.69, 9.17) is 16.3 Å². The first-order chi connectivity index (χ1) is 20.4. The molecule has 0 radical (unpaired) electrons. The number of unbranched alkanes of at least 4 members (excludes halogenated alkanes) is 2. The van der Waals surface area contributed by atoms with Gasteiger partial charge in [-0.2, -0.15) is 0 Å². The van der Waals surface area contributed by atoms with Gasteiger partial charge in [0.15, 0.2) is 0 Å². The minimum atomic E-state index is -1.29. The Morgan fingerprint density at radius 3 is 2.52 bits per heavy atom. The van der Waals surface area contributed by atoms with Gasteiger partial charge in [0, 0.05) is 32.8 Å². The monoisotopic (exact) mass is 589 g/mol. The first-order valence-corrected chi connectivity index (χ1v) is 15.1. The third kappa shape index (κ3) is 4.75. The van der Waals surface area contributed by atoms with Gasteiger partial charge in [0.25, 0.3) is 5.91 Å². The second kappa shape index (κ2) is 11.7. The molecule has 2 aromatic carbocycles. The summed E-state index contributed by atoms with van der Waals surface area (Å²) in [6.07, 6.45) is 8.85. The molecule has 0 aromatic heterocycles. The van der Waals surface area contributed by atoms with Gasteiger partial charge in [-0.25, -0.2) is 0 Å². The summed E-state index contributed by atoms with van der Waals surface area (Å²) in [6, 6.07) is 14.3. The Morgan fingerprint density at radius 1 is 0.952 bits per heavy atom. The van der Waals surface area contributed by atoms with Gasteiger partial charge in [-0.05, 0) is 43.4 Å². The van der Waals surface area contributed by atoms with E-state index in [2.05, 4.69) is 0 Å². The summed E-state index contributed by atoms with van der Waals surface area (Å²) < 4.78 is 6.75. The lowest BCUT2D eigenvalue weighted by molar-refractivity contribution is -0.144. The average Bonchev–Trinajstić information content (AvgIpc) is 3.29. The number of fused-ring (bicyclic) bond motifs is 2. The van der Waals surface area contributed by atoms with Crippen LogP contribution in [0.3, 0.4) is 0 Å². The van der Waals surface area contributed by atoms with Crippen molar-refractivity contribution in [2.75, 3.05) is 31.1 Å². The smallest absolute Gasteiger partial charge is 0.253 e. The number of amides is 3. The van der Waals surface area contributed by atoms with Crippen LogP contribution in [0.5, 0.6) is 0 Å². The van der Waals surface area contributed by atoms with Crippen LogP contribution in [0.1, 0.15) is 30.4 Å². The fourth-order valence-electron chi connectivity index (χ4n) is 7.11. The Hall–Kier alpha value is -3.46. The Bertz CT molecular complexity index is 1410. The van der Waals surface area contributed by atoms with E-state index in [9.17, 15) is 19.5 Å². The number of nitrogens with zero attached hydrogens (tertiary/aromatic N) is 3. The predicted octanol–water partition coefficient (Wildman–Crippen LogP) is 3.89. The van der Waals surface area contributed by atoms with Crippen LogP contribution in [0.15, 0.2) is 72.8 Å². The first-order valence-electron chi connectivity index (χ1n) is 14.7. The number of para-hydroxylation sites is 1. The molecular weight excluding hydrogens is 554 g/mol. The van der Waals surface area contributed by atoms with E-state index >= 15 is 0 Å². The van der Waals surface area contributed by atoms with E-state index in [-0.39, 0.29) is 30.9 Å². The molecule has 220 valence electrons. The number of likely N-dealkylation sites (tertiary alicyclic amines) is 1. The average molecular weight is 590 g/mol. The number of carbonyl (C=O) groups excluding carboxylic acids is 3. The van der Waals surface area contributed by atoms with Gasteiger partial charge in [-0.1, -0.05) is 78.4 Å². The summed E-state index contributed by atoms with van der Waals surface area (Å²) in [7, 11) is 0. The quantitative estimate of drug-likeness (QED) is 0.373. The Labute approximate surface area is 251 Å². The van der Waals surface area contributed by atoms with Crippen molar-refractivity contribution in [2.24, 2.45) is 11.8 Å². The molecule has 42 heavy (non-hydrogen) atoms. The molecule has 6 rings (SSSR count). The van der Waals surface area contributed by atoms with Crippen molar-refractivity contribution in [3.8, 4) is 0 Å². The molecule has 4 aliphatic heterocycles. The van der Waals surface area contributed by atoms with Crippen molar-refractivity contribution in [1.29, 1.82) is 0 Å². The summed E-state index contributed by atoms with van der Waals surface area (Å²) >= 11 is 6.62. The first kappa shape index (κ1) is 28.6. The summed E-state index contributed by atoms with van der Waals surface area (Å²) in [5.74, 6) is -2.25. The van der Waals surface area contributed by atoms with Crippen molar-refractivity contribution < 1.29 is 24.2 Å². The van der Waals surface area contributed by atoms with Gasteiger partial charge in [0.2, 0.25) is 11.8 Å². The SMILES string of the molecule is Cc1cccc(Cl)c1N1CC=C[C@]23O[C@@H]4C=CCN(Cc5ccccc5)C(=O)[C@@H]4[C@H]2C(=O)N(CCCCCO)C3C1=O. The van der Waals surface area contributed by atoms with Crippen molar-refractivity contribution in [3.63, 3.8) is 0 Å². The molecule has 3 amide bonds. The number of halogens is 1. The number of anilines is 1. The number of benzene rings is 2. The molecule has 2 fully saturated rings. The van der Waals surface area contributed by atoms with Crippen LogP contribution in [0.2, 0.25) is 5.02 Å². The van der Waals surface area contributed by atoms with Crippen LogP contribution in [-0.2, 0) is 25.7 Å². The Balaban J connectivity index is 1.39.